The molecule has 2 atom stereocenters. The summed E-state index contributed by atoms with van der Waals surface area (Å²) < 4.78 is 7.05. The molecule has 2 nitrogen and oxygen atoms in total. The van der Waals surface area contributed by atoms with Crippen LogP contribution in [0.15, 0.2) is 46.9 Å². The molecule has 0 bridgehead atoms. The molecule has 0 spiro atoms. The number of halogens is 1. The highest BCUT2D eigenvalue weighted by atomic mass is 79.9. The SMILES string of the molecule is Cc1ccc(Br)cc1C(N)CC1OCCc2ccccc21. The van der Waals surface area contributed by atoms with E-state index in [4.69, 9.17) is 10.5 Å². The first kappa shape index (κ1) is 14.8. The normalized spacial score (nSPS) is 19.1. The Morgan fingerprint density at radius 3 is 2.95 bits per heavy atom. The molecule has 3 rings (SSSR count). The van der Waals surface area contributed by atoms with Crippen molar-refractivity contribution < 1.29 is 4.74 Å². The molecule has 0 saturated heterocycles. The van der Waals surface area contributed by atoms with Crippen LogP contribution in [0.25, 0.3) is 0 Å². The lowest BCUT2D eigenvalue weighted by atomic mass is 9.90. The van der Waals surface area contributed by atoms with Crippen molar-refractivity contribution in [1.82, 2.24) is 0 Å². The van der Waals surface area contributed by atoms with Crippen molar-refractivity contribution >= 4 is 15.9 Å². The minimum absolute atomic E-state index is 0.0151. The summed E-state index contributed by atoms with van der Waals surface area (Å²) in [6.07, 6.45) is 1.91. The van der Waals surface area contributed by atoms with Gasteiger partial charge in [0.2, 0.25) is 0 Å². The maximum absolute atomic E-state index is 6.45. The monoisotopic (exact) mass is 345 g/mol. The molecule has 110 valence electrons. The van der Waals surface area contributed by atoms with E-state index in [1.54, 1.807) is 0 Å². The highest BCUT2D eigenvalue weighted by molar-refractivity contribution is 9.10. The minimum Gasteiger partial charge on any atom is -0.373 e. The van der Waals surface area contributed by atoms with Gasteiger partial charge in [-0.05, 0) is 54.2 Å². The number of rotatable bonds is 3. The van der Waals surface area contributed by atoms with Crippen LogP contribution in [0.5, 0.6) is 0 Å². The predicted octanol–water partition coefficient (Wildman–Crippen LogP) is 4.46. The summed E-state index contributed by atoms with van der Waals surface area (Å²) in [4.78, 5) is 0. The van der Waals surface area contributed by atoms with Gasteiger partial charge in [0.1, 0.15) is 0 Å². The Labute approximate surface area is 134 Å². The molecule has 2 aromatic rings. The number of nitrogens with two attached hydrogens (primary N) is 1. The van der Waals surface area contributed by atoms with Crippen molar-refractivity contribution in [3.05, 3.63) is 69.2 Å². The Morgan fingerprint density at radius 2 is 2.10 bits per heavy atom. The van der Waals surface area contributed by atoms with Crippen LogP contribution in [0.1, 0.15) is 40.8 Å². The number of fused-ring (bicyclic) bond motifs is 1. The van der Waals surface area contributed by atoms with Gasteiger partial charge in [0.25, 0.3) is 0 Å². The summed E-state index contributed by atoms with van der Waals surface area (Å²) in [5.41, 5.74) is 11.6. The van der Waals surface area contributed by atoms with Crippen LogP contribution >= 0.6 is 15.9 Å². The lowest BCUT2D eigenvalue weighted by molar-refractivity contribution is 0.0319. The van der Waals surface area contributed by atoms with Gasteiger partial charge in [-0.3, -0.25) is 0 Å². The highest BCUT2D eigenvalue weighted by Crippen LogP contribution is 2.34. The second-order valence-corrected chi connectivity index (χ2v) is 6.57. The summed E-state index contributed by atoms with van der Waals surface area (Å²) in [7, 11) is 0. The first-order valence-corrected chi connectivity index (χ1v) is 8.15. The van der Waals surface area contributed by atoms with Gasteiger partial charge in [-0.1, -0.05) is 46.3 Å². The Kier molecular flexibility index (Phi) is 4.43. The van der Waals surface area contributed by atoms with Crippen LogP contribution in [0.3, 0.4) is 0 Å². The van der Waals surface area contributed by atoms with E-state index in [0.717, 1.165) is 23.9 Å². The summed E-state index contributed by atoms with van der Waals surface area (Å²) in [6, 6.07) is 14.8. The Hall–Kier alpha value is -1.16. The van der Waals surface area contributed by atoms with Crippen LogP contribution in [-0.2, 0) is 11.2 Å². The molecule has 2 N–H and O–H groups in total. The van der Waals surface area contributed by atoms with E-state index < -0.39 is 0 Å². The van der Waals surface area contributed by atoms with Gasteiger partial charge in [-0.15, -0.1) is 0 Å². The molecule has 0 radical (unpaired) electrons. The quantitative estimate of drug-likeness (QED) is 0.891. The van der Waals surface area contributed by atoms with Crippen molar-refractivity contribution in [3.8, 4) is 0 Å². The number of benzene rings is 2. The van der Waals surface area contributed by atoms with Gasteiger partial charge in [0.15, 0.2) is 0 Å². The van der Waals surface area contributed by atoms with Gasteiger partial charge in [-0.25, -0.2) is 0 Å². The first-order valence-electron chi connectivity index (χ1n) is 7.36. The molecule has 3 heteroatoms. The van der Waals surface area contributed by atoms with Crippen LogP contribution in [0.4, 0.5) is 0 Å². The topological polar surface area (TPSA) is 35.2 Å². The molecule has 0 saturated carbocycles. The van der Waals surface area contributed by atoms with Gasteiger partial charge in [-0.2, -0.15) is 0 Å². The van der Waals surface area contributed by atoms with Gasteiger partial charge in [0.05, 0.1) is 12.7 Å². The van der Waals surface area contributed by atoms with E-state index in [0.29, 0.717) is 0 Å². The summed E-state index contributed by atoms with van der Waals surface area (Å²) in [6.45, 7) is 2.89. The molecule has 1 aliphatic rings. The van der Waals surface area contributed by atoms with Gasteiger partial charge < -0.3 is 10.5 Å². The molecule has 0 fully saturated rings. The first-order chi connectivity index (χ1) is 10.1. The van der Waals surface area contributed by atoms with E-state index in [2.05, 4.69) is 65.3 Å². The molecule has 0 aromatic heterocycles. The summed E-state index contributed by atoms with van der Waals surface area (Å²) in [5.74, 6) is 0. The zero-order valence-corrected chi connectivity index (χ0v) is 13.8. The van der Waals surface area contributed by atoms with Crippen LogP contribution in [0, 0.1) is 6.92 Å². The summed E-state index contributed by atoms with van der Waals surface area (Å²) in [5, 5.41) is 0. The molecular weight excluding hydrogens is 326 g/mol. The third kappa shape index (κ3) is 3.20. The largest absolute Gasteiger partial charge is 0.373 e. The second-order valence-electron chi connectivity index (χ2n) is 5.65. The number of hydrogen-bond acceptors (Lipinski definition) is 2. The fourth-order valence-electron chi connectivity index (χ4n) is 3.04. The van der Waals surface area contributed by atoms with Crippen molar-refractivity contribution in [1.29, 1.82) is 0 Å². The van der Waals surface area contributed by atoms with E-state index in [1.807, 2.05) is 0 Å². The lowest BCUT2D eigenvalue weighted by Crippen LogP contribution is -2.22. The third-order valence-corrected chi connectivity index (χ3v) is 4.69. The lowest BCUT2D eigenvalue weighted by Gasteiger charge is -2.28. The van der Waals surface area contributed by atoms with Crippen LogP contribution < -0.4 is 5.73 Å². The zero-order chi connectivity index (χ0) is 14.8. The minimum atomic E-state index is -0.0151. The Bertz CT molecular complexity index is 641. The molecule has 0 aliphatic carbocycles. The predicted molar refractivity (Wildman–Crippen MR) is 89.3 cm³/mol. The zero-order valence-electron chi connectivity index (χ0n) is 12.2. The van der Waals surface area contributed by atoms with E-state index in [9.17, 15) is 0 Å². The summed E-state index contributed by atoms with van der Waals surface area (Å²) >= 11 is 3.53. The standard InChI is InChI=1S/C18H20BrNO/c1-12-6-7-14(19)10-16(12)17(20)11-18-15-5-3-2-4-13(15)8-9-21-18/h2-7,10,17-18H,8-9,11,20H2,1H3. The average molecular weight is 346 g/mol. The molecule has 0 amide bonds. The molecule has 2 aromatic carbocycles. The van der Waals surface area contributed by atoms with Crippen molar-refractivity contribution in [2.45, 2.75) is 31.9 Å². The number of hydrogen-bond donors (Lipinski definition) is 1. The Balaban J connectivity index is 1.82. The van der Waals surface area contributed by atoms with Crippen molar-refractivity contribution in [2.75, 3.05) is 6.61 Å². The second kappa shape index (κ2) is 6.30. The average Bonchev–Trinajstić information content (AvgIpc) is 2.50. The van der Waals surface area contributed by atoms with Crippen molar-refractivity contribution in [2.24, 2.45) is 5.73 Å². The van der Waals surface area contributed by atoms with Crippen molar-refractivity contribution in [3.63, 3.8) is 0 Å². The number of ether oxygens (including phenoxy) is 1. The smallest absolute Gasteiger partial charge is 0.0845 e. The fourth-order valence-corrected chi connectivity index (χ4v) is 3.42. The molecule has 1 heterocycles. The highest BCUT2D eigenvalue weighted by Gasteiger charge is 2.23. The maximum atomic E-state index is 6.45. The third-order valence-electron chi connectivity index (χ3n) is 4.20. The fraction of sp³-hybridized carbons (Fsp3) is 0.333. The van der Waals surface area contributed by atoms with Crippen LogP contribution in [-0.4, -0.2) is 6.61 Å². The van der Waals surface area contributed by atoms with Crippen LogP contribution in [0.2, 0.25) is 0 Å². The molecular formula is C18H20BrNO. The molecule has 2 unspecified atom stereocenters. The van der Waals surface area contributed by atoms with E-state index in [1.165, 1.54) is 22.3 Å². The van der Waals surface area contributed by atoms with E-state index >= 15 is 0 Å². The maximum Gasteiger partial charge on any atom is 0.0845 e. The van der Waals surface area contributed by atoms with Gasteiger partial charge >= 0.3 is 0 Å². The van der Waals surface area contributed by atoms with Gasteiger partial charge in [0, 0.05) is 10.5 Å². The Morgan fingerprint density at radius 1 is 1.29 bits per heavy atom. The number of aryl methyl sites for hydroxylation is 1. The molecule has 1 aliphatic heterocycles. The molecule has 21 heavy (non-hydrogen) atoms. The van der Waals surface area contributed by atoms with E-state index in [-0.39, 0.29) is 12.1 Å².